The van der Waals surface area contributed by atoms with Gasteiger partial charge in [-0.25, -0.2) is 4.79 Å². The molecule has 2 aromatic rings. The zero-order valence-corrected chi connectivity index (χ0v) is 12.0. The minimum absolute atomic E-state index is 0.120. The molecule has 0 spiro atoms. The smallest absolute Gasteiger partial charge is 0.324 e. The third kappa shape index (κ3) is 3.37. The van der Waals surface area contributed by atoms with E-state index in [2.05, 4.69) is 5.32 Å². The van der Waals surface area contributed by atoms with Crippen molar-refractivity contribution in [3.05, 3.63) is 48.3 Å². The maximum Gasteiger partial charge on any atom is 0.324 e. The quantitative estimate of drug-likeness (QED) is 0.873. The largest absolute Gasteiger partial charge is 0.468 e. The lowest BCUT2D eigenvalue weighted by molar-refractivity contribution is -0.129. The molecule has 116 valence electrons. The van der Waals surface area contributed by atoms with Crippen molar-refractivity contribution in [1.82, 2.24) is 15.1 Å². The summed E-state index contributed by atoms with van der Waals surface area (Å²) in [5.41, 5.74) is 0. The third-order valence-electron chi connectivity index (χ3n) is 3.44. The first-order valence-corrected chi connectivity index (χ1v) is 7.07. The lowest BCUT2D eigenvalue weighted by Crippen LogP contribution is -2.41. The van der Waals surface area contributed by atoms with Crippen LogP contribution in [0.25, 0.3) is 0 Å². The topological polar surface area (TPSA) is 78.9 Å². The average Bonchev–Trinajstić information content (AvgIpc) is 3.21. The van der Waals surface area contributed by atoms with E-state index in [4.69, 9.17) is 8.83 Å². The Kier molecular flexibility index (Phi) is 4.24. The van der Waals surface area contributed by atoms with E-state index in [0.29, 0.717) is 26.2 Å². The zero-order chi connectivity index (χ0) is 15.4. The summed E-state index contributed by atoms with van der Waals surface area (Å²) in [6.45, 7) is 1.96. The molecular weight excluding hydrogens is 286 g/mol. The number of amides is 3. The van der Waals surface area contributed by atoms with Crippen molar-refractivity contribution in [2.45, 2.75) is 13.1 Å². The number of urea groups is 1. The van der Waals surface area contributed by atoms with Crippen LogP contribution in [0.4, 0.5) is 4.79 Å². The monoisotopic (exact) mass is 303 g/mol. The highest BCUT2D eigenvalue weighted by Gasteiger charge is 2.27. The lowest BCUT2D eigenvalue weighted by Gasteiger charge is -2.21. The van der Waals surface area contributed by atoms with Gasteiger partial charge in [-0.15, -0.1) is 0 Å². The Labute approximate surface area is 127 Å². The van der Waals surface area contributed by atoms with Gasteiger partial charge in [0, 0.05) is 13.1 Å². The van der Waals surface area contributed by atoms with Gasteiger partial charge in [0.05, 0.1) is 32.2 Å². The van der Waals surface area contributed by atoms with Crippen molar-refractivity contribution in [1.29, 1.82) is 0 Å². The first kappa shape index (κ1) is 14.4. The minimum atomic E-state index is -0.332. The molecule has 1 aliphatic heterocycles. The van der Waals surface area contributed by atoms with Gasteiger partial charge in [0.25, 0.3) is 0 Å². The number of nitrogens with one attached hydrogen (secondary N) is 1. The summed E-state index contributed by atoms with van der Waals surface area (Å²) >= 11 is 0. The van der Waals surface area contributed by atoms with Crippen LogP contribution in [-0.4, -0.2) is 41.4 Å². The van der Waals surface area contributed by atoms with E-state index in [1.165, 1.54) is 4.90 Å². The van der Waals surface area contributed by atoms with Gasteiger partial charge < -0.3 is 14.2 Å². The Morgan fingerprint density at radius 1 is 1.18 bits per heavy atom. The fourth-order valence-corrected chi connectivity index (χ4v) is 2.40. The van der Waals surface area contributed by atoms with Crippen LogP contribution in [-0.2, 0) is 17.9 Å². The van der Waals surface area contributed by atoms with Crippen LogP contribution >= 0.6 is 0 Å². The molecular formula is C15H17N3O4. The highest BCUT2D eigenvalue weighted by atomic mass is 16.3. The molecule has 0 saturated carbocycles. The molecule has 2 aromatic heterocycles. The first-order chi connectivity index (χ1) is 10.7. The lowest BCUT2D eigenvalue weighted by atomic mass is 10.3. The number of rotatable bonds is 6. The molecule has 1 saturated heterocycles. The van der Waals surface area contributed by atoms with Crippen molar-refractivity contribution in [3.8, 4) is 0 Å². The van der Waals surface area contributed by atoms with Gasteiger partial charge in [0.2, 0.25) is 5.91 Å². The SMILES string of the molecule is O=C(CN(Cc1ccco1)Cc1ccco1)N1CCNC1=O. The van der Waals surface area contributed by atoms with Gasteiger partial charge in [0.1, 0.15) is 11.5 Å². The van der Waals surface area contributed by atoms with Crippen LogP contribution in [0.15, 0.2) is 45.6 Å². The molecule has 0 atom stereocenters. The number of carbonyl (C=O) groups is 2. The van der Waals surface area contributed by atoms with Crippen LogP contribution in [0.2, 0.25) is 0 Å². The molecule has 3 amide bonds. The van der Waals surface area contributed by atoms with E-state index in [9.17, 15) is 9.59 Å². The molecule has 0 aliphatic carbocycles. The third-order valence-corrected chi connectivity index (χ3v) is 3.44. The number of carbonyl (C=O) groups excluding carboxylic acids is 2. The number of furan rings is 2. The summed E-state index contributed by atoms with van der Waals surface area (Å²) in [5, 5.41) is 2.63. The van der Waals surface area contributed by atoms with Gasteiger partial charge in [0.15, 0.2) is 0 Å². The first-order valence-electron chi connectivity index (χ1n) is 7.07. The highest BCUT2D eigenvalue weighted by Crippen LogP contribution is 2.12. The van der Waals surface area contributed by atoms with Gasteiger partial charge in [-0.3, -0.25) is 14.6 Å². The van der Waals surface area contributed by atoms with Crippen molar-refractivity contribution in [2.24, 2.45) is 0 Å². The second-order valence-corrected chi connectivity index (χ2v) is 5.08. The predicted molar refractivity (Wildman–Crippen MR) is 76.6 cm³/mol. The summed E-state index contributed by atoms with van der Waals surface area (Å²) in [4.78, 5) is 27.0. The molecule has 22 heavy (non-hydrogen) atoms. The normalized spacial score (nSPS) is 14.6. The van der Waals surface area contributed by atoms with E-state index in [0.717, 1.165) is 11.5 Å². The molecule has 1 aliphatic rings. The molecule has 3 heterocycles. The van der Waals surface area contributed by atoms with Crippen LogP contribution in [0.3, 0.4) is 0 Å². The van der Waals surface area contributed by atoms with E-state index in [1.807, 2.05) is 17.0 Å². The molecule has 3 rings (SSSR count). The van der Waals surface area contributed by atoms with Gasteiger partial charge in [-0.05, 0) is 24.3 Å². The maximum absolute atomic E-state index is 12.3. The van der Waals surface area contributed by atoms with E-state index in [-0.39, 0.29) is 18.5 Å². The number of nitrogens with zero attached hydrogens (tertiary/aromatic N) is 2. The Morgan fingerprint density at radius 2 is 1.82 bits per heavy atom. The number of hydrogen-bond donors (Lipinski definition) is 1. The molecule has 0 radical (unpaired) electrons. The summed E-state index contributed by atoms with van der Waals surface area (Å²) in [6, 6.07) is 6.97. The van der Waals surface area contributed by atoms with Crippen molar-refractivity contribution in [3.63, 3.8) is 0 Å². The van der Waals surface area contributed by atoms with E-state index >= 15 is 0 Å². The fraction of sp³-hybridized carbons (Fsp3) is 0.333. The average molecular weight is 303 g/mol. The van der Waals surface area contributed by atoms with Crippen molar-refractivity contribution >= 4 is 11.9 Å². The summed E-state index contributed by atoms with van der Waals surface area (Å²) < 4.78 is 10.7. The van der Waals surface area contributed by atoms with Crippen LogP contribution in [0.5, 0.6) is 0 Å². The Morgan fingerprint density at radius 3 is 2.27 bits per heavy atom. The predicted octanol–water partition coefficient (Wildman–Crippen LogP) is 1.43. The van der Waals surface area contributed by atoms with Crippen LogP contribution < -0.4 is 5.32 Å². The van der Waals surface area contributed by atoms with Gasteiger partial charge >= 0.3 is 6.03 Å². The molecule has 7 heteroatoms. The van der Waals surface area contributed by atoms with Crippen LogP contribution in [0.1, 0.15) is 11.5 Å². The van der Waals surface area contributed by atoms with E-state index in [1.54, 1.807) is 24.7 Å². The van der Waals surface area contributed by atoms with Gasteiger partial charge in [-0.1, -0.05) is 0 Å². The minimum Gasteiger partial charge on any atom is -0.468 e. The Balaban J connectivity index is 1.67. The Hall–Kier alpha value is -2.54. The van der Waals surface area contributed by atoms with Gasteiger partial charge in [-0.2, -0.15) is 0 Å². The molecule has 1 fully saturated rings. The molecule has 0 unspecified atom stereocenters. The molecule has 1 N–H and O–H groups in total. The summed E-state index contributed by atoms with van der Waals surface area (Å²) in [7, 11) is 0. The molecule has 0 aromatic carbocycles. The van der Waals surface area contributed by atoms with E-state index < -0.39 is 0 Å². The standard InChI is InChI=1S/C15H17N3O4/c19-14(18-6-5-16-15(18)20)11-17(9-12-3-1-7-21-12)10-13-4-2-8-22-13/h1-4,7-8H,5-6,9-11H2,(H,16,20). The highest BCUT2D eigenvalue weighted by molar-refractivity contribution is 5.96. The number of imide groups is 1. The summed E-state index contributed by atoms with van der Waals surface area (Å²) in [6.07, 6.45) is 3.19. The second kappa shape index (κ2) is 6.48. The molecule has 0 bridgehead atoms. The van der Waals surface area contributed by atoms with Crippen molar-refractivity contribution in [2.75, 3.05) is 19.6 Å². The van der Waals surface area contributed by atoms with Crippen molar-refractivity contribution < 1.29 is 18.4 Å². The molecule has 7 nitrogen and oxygen atoms in total. The zero-order valence-electron chi connectivity index (χ0n) is 12.0. The Bertz CT molecular complexity index is 585. The second-order valence-electron chi connectivity index (χ2n) is 5.08. The summed E-state index contributed by atoms with van der Waals surface area (Å²) in [5.74, 6) is 1.28. The maximum atomic E-state index is 12.3. The fourth-order valence-electron chi connectivity index (χ4n) is 2.40. The van der Waals surface area contributed by atoms with Crippen LogP contribution in [0, 0.1) is 0 Å². The number of hydrogen-bond acceptors (Lipinski definition) is 5.